The van der Waals surface area contributed by atoms with Gasteiger partial charge in [-0.25, -0.2) is 9.97 Å². The molecule has 0 unspecified atom stereocenters. The Labute approximate surface area is 118 Å². The number of hydrogen-bond donors (Lipinski definition) is 2. The van der Waals surface area contributed by atoms with Gasteiger partial charge in [-0.15, -0.1) is 0 Å². The van der Waals surface area contributed by atoms with Crippen LogP contribution in [-0.4, -0.2) is 40.4 Å². The molecule has 1 aromatic rings. The van der Waals surface area contributed by atoms with Crippen LogP contribution < -0.4 is 5.32 Å². The predicted octanol–water partition coefficient (Wildman–Crippen LogP) is 1.95. The summed E-state index contributed by atoms with van der Waals surface area (Å²) in [6.45, 7) is 5.51. The molecule has 0 bridgehead atoms. The van der Waals surface area contributed by atoms with Gasteiger partial charge in [0.05, 0.1) is 5.60 Å². The number of aliphatic hydroxyl groups is 1. The van der Waals surface area contributed by atoms with Crippen LogP contribution in [0.3, 0.4) is 0 Å². The summed E-state index contributed by atoms with van der Waals surface area (Å²) in [6.07, 6.45) is 2.00. The maximum absolute atomic E-state index is 10.4. The molecule has 1 saturated heterocycles. The maximum Gasteiger partial charge on any atom is 0.137 e. The summed E-state index contributed by atoms with van der Waals surface area (Å²) in [5, 5.41) is 14.1. The van der Waals surface area contributed by atoms with Gasteiger partial charge in [0.1, 0.15) is 16.8 Å². The molecule has 1 fully saturated rings. The Bertz CT molecular complexity index is 448. The molecule has 2 N–H and O–H groups in total. The van der Waals surface area contributed by atoms with Crippen LogP contribution in [0, 0.1) is 6.92 Å². The maximum atomic E-state index is 10.4. The van der Waals surface area contributed by atoms with Crippen LogP contribution in [0.4, 0.5) is 5.82 Å². The zero-order valence-corrected chi connectivity index (χ0v) is 12.1. The molecule has 1 aliphatic rings. The summed E-state index contributed by atoms with van der Waals surface area (Å²) < 4.78 is 5.26. The standard InChI is InChI=1S/C13H20ClN3O2/c1-3-10-16-11(14)9(2)12(17-10)15-8-13(18)4-6-19-7-5-13/h18H,3-8H2,1-2H3,(H,15,16,17). The van der Waals surface area contributed by atoms with Crippen molar-refractivity contribution in [1.29, 1.82) is 0 Å². The summed E-state index contributed by atoms with van der Waals surface area (Å²) in [5.74, 6) is 1.41. The van der Waals surface area contributed by atoms with Gasteiger partial charge in [0.25, 0.3) is 0 Å². The molecule has 106 valence electrons. The SMILES string of the molecule is CCc1nc(Cl)c(C)c(NCC2(O)CCOCC2)n1. The second-order valence-corrected chi connectivity index (χ2v) is 5.31. The normalized spacial score (nSPS) is 18.3. The second-order valence-electron chi connectivity index (χ2n) is 4.95. The van der Waals surface area contributed by atoms with Gasteiger partial charge in [-0.2, -0.15) is 0 Å². The number of hydrogen-bond acceptors (Lipinski definition) is 5. The van der Waals surface area contributed by atoms with E-state index in [0.29, 0.717) is 49.4 Å². The third-order valence-corrected chi connectivity index (χ3v) is 3.83. The molecule has 0 aromatic carbocycles. The molecule has 19 heavy (non-hydrogen) atoms. The molecule has 5 nitrogen and oxygen atoms in total. The molecular formula is C13H20ClN3O2. The number of rotatable bonds is 4. The molecule has 0 amide bonds. The topological polar surface area (TPSA) is 67.3 Å². The summed E-state index contributed by atoms with van der Waals surface area (Å²) in [6, 6.07) is 0. The molecule has 1 aromatic heterocycles. The lowest BCUT2D eigenvalue weighted by atomic mass is 9.94. The van der Waals surface area contributed by atoms with E-state index in [1.165, 1.54) is 0 Å². The van der Waals surface area contributed by atoms with Gasteiger partial charge in [-0.1, -0.05) is 18.5 Å². The Morgan fingerprint density at radius 2 is 2.05 bits per heavy atom. The molecule has 2 rings (SSSR count). The van der Waals surface area contributed by atoms with Gasteiger partial charge in [0.15, 0.2) is 0 Å². The number of nitrogens with zero attached hydrogens (tertiary/aromatic N) is 2. The Kier molecular flexibility index (Phi) is 4.60. The van der Waals surface area contributed by atoms with Crippen molar-refractivity contribution in [2.24, 2.45) is 0 Å². The minimum atomic E-state index is -0.728. The van der Waals surface area contributed by atoms with Crippen LogP contribution in [0.15, 0.2) is 0 Å². The Morgan fingerprint density at radius 3 is 2.68 bits per heavy atom. The van der Waals surface area contributed by atoms with E-state index in [0.717, 1.165) is 12.0 Å². The molecule has 0 atom stereocenters. The fourth-order valence-corrected chi connectivity index (χ4v) is 2.23. The van der Waals surface area contributed by atoms with E-state index in [9.17, 15) is 5.11 Å². The highest BCUT2D eigenvalue weighted by molar-refractivity contribution is 6.30. The van der Waals surface area contributed by atoms with Crippen LogP contribution in [0.25, 0.3) is 0 Å². The minimum absolute atomic E-state index is 0.452. The van der Waals surface area contributed by atoms with Gasteiger partial charge in [-0.05, 0) is 6.92 Å². The zero-order chi connectivity index (χ0) is 13.9. The Morgan fingerprint density at radius 1 is 1.37 bits per heavy atom. The molecule has 1 aliphatic heterocycles. The lowest BCUT2D eigenvalue weighted by molar-refractivity contribution is -0.0543. The number of nitrogens with one attached hydrogen (secondary N) is 1. The third-order valence-electron chi connectivity index (χ3n) is 3.46. The molecule has 2 heterocycles. The summed E-state index contributed by atoms with van der Waals surface area (Å²) in [4.78, 5) is 8.61. The Hall–Kier alpha value is -0.910. The van der Waals surface area contributed by atoms with E-state index in [-0.39, 0.29) is 0 Å². The minimum Gasteiger partial charge on any atom is -0.388 e. The first-order valence-electron chi connectivity index (χ1n) is 6.61. The van der Waals surface area contributed by atoms with Crippen molar-refractivity contribution in [3.8, 4) is 0 Å². The second kappa shape index (κ2) is 6.03. The highest BCUT2D eigenvalue weighted by atomic mass is 35.5. The van der Waals surface area contributed by atoms with E-state index >= 15 is 0 Å². The lowest BCUT2D eigenvalue weighted by Gasteiger charge is -2.32. The lowest BCUT2D eigenvalue weighted by Crippen LogP contribution is -2.42. The van der Waals surface area contributed by atoms with Crippen molar-refractivity contribution >= 4 is 17.4 Å². The van der Waals surface area contributed by atoms with Crippen molar-refractivity contribution in [2.45, 2.75) is 38.7 Å². The van der Waals surface area contributed by atoms with E-state index in [1.54, 1.807) is 0 Å². The zero-order valence-electron chi connectivity index (χ0n) is 11.4. The number of ether oxygens (including phenoxy) is 1. The highest BCUT2D eigenvalue weighted by Crippen LogP contribution is 2.24. The first-order chi connectivity index (χ1) is 9.04. The number of aromatic nitrogens is 2. The molecular weight excluding hydrogens is 266 g/mol. The molecule has 6 heteroatoms. The van der Waals surface area contributed by atoms with E-state index in [2.05, 4.69) is 15.3 Å². The van der Waals surface area contributed by atoms with Gasteiger partial charge in [0.2, 0.25) is 0 Å². The summed E-state index contributed by atoms with van der Waals surface area (Å²) in [5.41, 5.74) is 0.0867. The fraction of sp³-hybridized carbons (Fsp3) is 0.692. The van der Waals surface area contributed by atoms with Gasteiger partial charge in [-0.3, -0.25) is 0 Å². The van der Waals surface area contributed by atoms with E-state index in [4.69, 9.17) is 16.3 Å². The Balaban J connectivity index is 2.08. The molecule has 0 spiro atoms. The molecule has 0 saturated carbocycles. The smallest absolute Gasteiger partial charge is 0.137 e. The van der Waals surface area contributed by atoms with Gasteiger partial charge < -0.3 is 15.2 Å². The average molecular weight is 286 g/mol. The fourth-order valence-electron chi connectivity index (χ4n) is 2.04. The summed E-state index contributed by atoms with van der Waals surface area (Å²) in [7, 11) is 0. The average Bonchev–Trinajstić information content (AvgIpc) is 2.41. The van der Waals surface area contributed by atoms with E-state index < -0.39 is 5.60 Å². The van der Waals surface area contributed by atoms with Crippen molar-refractivity contribution in [1.82, 2.24) is 9.97 Å². The van der Waals surface area contributed by atoms with E-state index in [1.807, 2.05) is 13.8 Å². The van der Waals surface area contributed by atoms with Gasteiger partial charge >= 0.3 is 0 Å². The van der Waals surface area contributed by atoms with Crippen LogP contribution in [-0.2, 0) is 11.2 Å². The van der Waals surface area contributed by atoms with Crippen LogP contribution in [0.2, 0.25) is 5.15 Å². The number of anilines is 1. The first kappa shape index (κ1) is 14.5. The summed E-state index contributed by atoms with van der Waals surface area (Å²) >= 11 is 6.08. The van der Waals surface area contributed by atoms with Crippen molar-refractivity contribution < 1.29 is 9.84 Å². The first-order valence-corrected chi connectivity index (χ1v) is 6.99. The third kappa shape index (κ3) is 3.55. The van der Waals surface area contributed by atoms with Crippen molar-refractivity contribution in [2.75, 3.05) is 25.1 Å². The largest absolute Gasteiger partial charge is 0.388 e. The van der Waals surface area contributed by atoms with Crippen molar-refractivity contribution in [3.05, 3.63) is 16.5 Å². The number of aryl methyl sites for hydroxylation is 1. The van der Waals surface area contributed by atoms with Crippen molar-refractivity contribution in [3.63, 3.8) is 0 Å². The molecule has 0 radical (unpaired) electrons. The van der Waals surface area contributed by atoms with Crippen LogP contribution in [0.5, 0.6) is 0 Å². The quantitative estimate of drug-likeness (QED) is 0.828. The highest BCUT2D eigenvalue weighted by Gasteiger charge is 2.29. The predicted molar refractivity (Wildman–Crippen MR) is 74.6 cm³/mol. The molecule has 0 aliphatic carbocycles. The number of halogens is 1. The monoisotopic (exact) mass is 285 g/mol. The van der Waals surface area contributed by atoms with Gasteiger partial charge in [0, 0.05) is 44.6 Å². The van der Waals surface area contributed by atoms with Crippen LogP contribution in [0.1, 0.15) is 31.2 Å². The van der Waals surface area contributed by atoms with Crippen LogP contribution >= 0.6 is 11.6 Å².